The van der Waals surface area contributed by atoms with Crippen LogP contribution < -0.4 is 16.2 Å². The van der Waals surface area contributed by atoms with Crippen molar-refractivity contribution >= 4 is 27.5 Å². The maximum atomic E-state index is 13.6. The highest BCUT2D eigenvalue weighted by molar-refractivity contribution is 7.16. The maximum absolute atomic E-state index is 13.6. The number of rotatable bonds is 3. The van der Waals surface area contributed by atoms with Crippen molar-refractivity contribution in [3.8, 4) is 0 Å². The minimum Gasteiger partial charge on any atom is -0.341 e. The Morgan fingerprint density at radius 1 is 1.42 bits per heavy atom. The molecule has 0 saturated carbocycles. The number of aryl methyl sites for hydroxylation is 1. The largest absolute Gasteiger partial charge is 0.341 e. The summed E-state index contributed by atoms with van der Waals surface area (Å²) in [5.74, 6) is 0.321. The van der Waals surface area contributed by atoms with Gasteiger partial charge in [0.05, 0.1) is 11.9 Å². The molecule has 3 heterocycles. The summed E-state index contributed by atoms with van der Waals surface area (Å²) in [5, 5.41) is 2.61. The molecule has 0 aliphatic carbocycles. The summed E-state index contributed by atoms with van der Waals surface area (Å²) < 4.78 is 15.3. The Hall–Kier alpha value is -2.25. The zero-order valence-electron chi connectivity index (χ0n) is 14.6. The van der Waals surface area contributed by atoms with Crippen LogP contribution in [0.2, 0.25) is 0 Å². The van der Waals surface area contributed by atoms with Crippen LogP contribution in [0.3, 0.4) is 0 Å². The predicted molar refractivity (Wildman–Crippen MR) is 104 cm³/mol. The summed E-state index contributed by atoms with van der Waals surface area (Å²) in [6.45, 7) is 3.70. The molecule has 0 unspecified atom stereocenters. The normalized spacial score (nSPS) is 17.8. The van der Waals surface area contributed by atoms with Crippen LogP contribution >= 0.6 is 11.3 Å². The molecule has 0 spiro atoms. The Bertz CT molecular complexity index is 1010. The third kappa shape index (κ3) is 3.12. The Balaban J connectivity index is 1.87. The fourth-order valence-electron chi connectivity index (χ4n) is 3.54. The van der Waals surface area contributed by atoms with Gasteiger partial charge in [0, 0.05) is 19.1 Å². The van der Waals surface area contributed by atoms with E-state index < -0.39 is 0 Å². The van der Waals surface area contributed by atoms with E-state index in [1.165, 1.54) is 23.5 Å². The minimum absolute atomic E-state index is 0.0732. The molecule has 1 fully saturated rings. The van der Waals surface area contributed by atoms with Crippen molar-refractivity contribution < 1.29 is 4.39 Å². The number of nitrogens with two attached hydrogens (primary N) is 1. The molecule has 136 valence electrons. The second-order valence-electron chi connectivity index (χ2n) is 6.88. The van der Waals surface area contributed by atoms with Gasteiger partial charge in [-0.1, -0.05) is 12.1 Å². The highest BCUT2D eigenvalue weighted by Crippen LogP contribution is 2.25. The first-order valence-corrected chi connectivity index (χ1v) is 9.64. The number of nitrogens with zero attached hydrogens (tertiary/aromatic N) is 3. The summed E-state index contributed by atoms with van der Waals surface area (Å²) in [5.41, 5.74) is 7.73. The molecule has 0 radical (unpaired) electrons. The Morgan fingerprint density at radius 3 is 3.04 bits per heavy atom. The van der Waals surface area contributed by atoms with E-state index in [0.29, 0.717) is 17.9 Å². The van der Waals surface area contributed by atoms with Gasteiger partial charge in [0.15, 0.2) is 0 Å². The van der Waals surface area contributed by atoms with Crippen LogP contribution in [0.15, 0.2) is 34.4 Å². The molecular formula is C19H21FN4OS. The third-order valence-corrected chi connectivity index (χ3v) is 5.82. The van der Waals surface area contributed by atoms with E-state index in [-0.39, 0.29) is 24.0 Å². The topological polar surface area (TPSA) is 64.2 Å². The molecule has 1 atom stereocenters. The van der Waals surface area contributed by atoms with Gasteiger partial charge in [-0.05, 0) is 48.4 Å². The lowest BCUT2D eigenvalue weighted by atomic mass is 10.1. The lowest BCUT2D eigenvalue weighted by Gasteiger charge is -2.33. The van der Waals surface area contributed by atoms with Gasteiger partial charge >= 0.3 is 0 Å². The first-order chi connectivity index (χ1) is 12.5. The van der Waals surface area contributed by atoms with E-state index in [2.05, 4.69) is 4.90 Å². The number of benzene rings is 1. The van der Waals surface area contributed by atoms with Crippen LogP contribution in [-0.2, 0) is 6.54 Å². The quantitative estimate of drug-likeness (QED) is 0.768. The van der Waals surface area contributed by atoms with Crippen LogP contribution in [0.5, 0.6) is 0 Å². The zero-order chi connectivity index (χ0) is 18.3. The number of hydrogen-bond donors (Lipinski definition) is 1. The van der Waals surface area contributed by atoms with Gasteiger partial charge in [-0.3, -0.25) is 9.36 Å². The Kier molecular flexibility index (Phi) is 4.50. The number of piperidine rings is 1. The van der Waals surface area contributed by atoms with Gasteiger partial charge in [-0.15, -0.1) is 11.3 Å². The van der Waals surface area contributed by atoms with Gasteiger partial charge in [0.25, 0.3) is 5.56 Å². The van der Waals surface area contributed by atoms with Gasteiger partial charge in [-0.2, -0.15) is 0 Å². The number of aromatic nitrogens is 2. The zero-order valence-corrected chi connectivity index (χ0v) is 15.4. The molecule has 1 saturated heterocycles. The lowest BCUT2D eigenvalue weighted by molar-refractivity contribution is 0.492. The van der Waals surface area contributed by atoms with Crippen molar-refractivity contribution in [3.63, 3.8) is 0 Å². The highest BCUT2D eigenvalue weighted by Gasteiger charge is 2.23. The van der Waals surface area contributed by atoms with Gasteiger partial charge < -0.3 is 10.6 Å². The summed E-state index contributed by atoms with van der Waals surface area (Å²) in [6.07, 6.45) is 1.95. The second-order valence-corrected chi connectivity index (χ2v) is 7.74. The predicted octanol–water partition coefficient (Wildman–Crippen LogP) is 2.88. The highest BCUT2D eigenvalue weighted by atomic mass is 32.1. The van der Waals surface area contributed by atoms with Crippen LogP contribution in [0.25, 0.3) is 10.2 Å². The van der Waals surface area contributed by atoms with E-state index in [4.69, 9.17) is 10.7 Å². The monoisotopic (exact) mass is 372 g/mol. The summed E-state index contributed by atoms with van der Waals surface area (Å²) in [4.78, 5) is 20.8. The van der Waals surface area contributed by atoms with Crippen molar-refractivity contribution in [3.05, 3.63) is 56.9 Å². The second kappa shape index (κ2) is 6.81. The molecule has 0 amide bonds. The third-order valence-electron chi connectivity index (χ3n) is 4.83. The van der Waals surface area contributed by atoms with E-state index in [1.54, 1.807) is 10.6 Å². The molecule has 7 heteroatoms. The van der Waals surface area contributed by atoms with Crippen LogP contribution in [0.1, 0.15) is 24.0 Å². The fraction of sp³-hybridized carbons (Fsp3) is 0.368. The molecule has 1 aliphatic rings. The molecule has 4 rings (SSSR count). The van der Waals surface area contributed by atoms with Gasteiger partial charge in [0.1, 0.15) is 10.6 Å². The van der Waals surface area contributed by atoms with Crippen molar-refractivity contribution in [2.45, 2.75) is 32.4 Å². The van der Waals surface area contributed by atoms with E-state index >= 15 is 0 Å². The first kappa shape index (κ1) is 17.2. The molecule has 2 aromatic heterocycles. The average Bonchev–Trinajstić information content (AvgIpc) is 2.98. The van der Waals surface area contributed by atoms with Crippen LogP contribution in [0.4, 0.5) is 10.3 Å². The molecule has 1 aliphatic heterocycles. The van der Waals surface area contributed by atoms with Crippen molar-refractivity contribution in [1.82, 2.24) is 9.55 Å². The number of fused-ring (bicyclic) bond motifs is 1. The lowest BCUT2D eigenvalue weighted by Crippen LogP contribution is -2.45. The summed E-state index contributed by atoms with van der Waals surface area (Å²) in [7, 11) is 0. The summed E-state index contributed by atoms with van der Waals surface area (Å²) >= 11 is 1.48. The molecule has 1 aromatic carbocycles. The van der Waals surface area contributed by atoms with Gasteiger partial charge in [-0.25, -0.2) is 9.37 Å². The average molecular weight is 372 g/mol. The van der Waals surface area contributed by atoms with Crippen molar-refractivity contribution in [1.29, 1.82) is 0 Å². The smallest absolute Gasteiger partial charge is 0.264 e. The SMILES string of the molecule is Cc1csc2nc(N3CCC[C@@H](N)C3)n(Cc3cccc(F)c3)c(=O)c12. The van der Waals surface area contributed by atoms with E-state index in [9.17, 15) is 9.18 Å². The molecule has 3 aromatic rings. The van der Waals surface area contributed by atoms with Crippen LogP contribution in [-0.4, -0.2) is 28.7 Å². The van der Waals surface area contributed by atoms with Gasteiger partial charge in [0.2, 0.25) is 5.95 Å². The minimum atomic E-state index is -0.308. The standard InChI is InChI=1S/C19H21FN4OS/c1-12-11-26-17-16(12)18(25)24(9-13-4-2-5-14(20)8-13)19(22-17)23-7-3-6-15(21)10-23/h2,4-5,8,11,15H,3,6-7,9-10,21H2,1H3/t15-/m1/s1. The number of hydrogen-bond acceptors (Lipinski definition) is 5. The van der Waals surface area contributed by atoms with Crippen LogP contribution in [0, 0.1) is 12.7 Å². The Morgan fingerprint density at radius 2 is 2.27 bits per heavy atom. The molecular weight excluding hydrogens is 351 g/mol. The number of anilines is 1. The molecule has 5 nitrogen and oxygen atoms in total. The van der Waals surface area contributed by atoms with Crippen molar-refractivity contribution in [2.75, 3.05) is 18.0 Å². The summed E-state index contributed by atoms with van der Waals surface area (Å²) in [6, 6.07) is 6.42. The number of halogens is 1. The fourth-order valence-corrected chi connectivity index (χ4v) is 4.45. The Labute approximate surface area is 154 Å². The molecule has 2 N–H and O–H groups in total. The molecule has 0 bridgehead atoms. The van der Waals surface area contributed by atoms with Crippen molar-refractivity contribution in [2.24, 2.45) is 5.73 Å². The van der Waals surface area contributed by atoms with E-state index in [0.717, 1.165) is 35.3 Å². The molecule has 26 heavy (non-hydrogen) atoms. The maximum Gasteiger partial charge on any atom is 0.264 e. The van der Waals surface area contributed by atoms with E-state index in [1.807, 2.05) is 18.4 Å². The first-order valence-electron chi connectivity index (χ1n) is 8.76. The number of thiophene rings is 1.